The Hall–Kier alpha value is 0.660. The molecule has 0 unspecified atom stereocenters. The third-order valence-electron chi connectivity index (χ3n) is 1.09. The smallest absolute Gasteiger partial charge is 0.731 e. The molecule has 0 radical (unpaired) electrons. The zero-order valence-corrected chi connectivity index (χ0v) is 11.8. The van der Waals surface area contributed by atoms with Crippen molar-refractivity contribution in [3.63, 3.8) is 0 Å². The molecule has 1 aromatic carbocycles. The molecule has 0 heterocycles. The van der Waals surface area contributed by atoms with Crippen LogP contribution in [0.25, 0.3) is 0 Å². The fourth-order valence-electron chi connectivity index (χ4n) is 0.662. The summed E-state index contributed by atoms with van der Waals surface area (Å²) < 4.78 is 33.4. The molecule has 0 aliphatic carbocycles. The fraction of sp³-hybridized carbons (Fsp3) is 0. The summed E-state index contributed by atoms with van der Waals surface area (Å²) >= 11 is 2.08. The predicted molar refractivity (Wildman–Crippen MR) is 52.5 cm³/mol. The maximum Gasteiger partial charge on any atom is 1.00 e. The summed E-state index contributed by atoms with van der Waals surface area (Å²) in [6.07, 6.45) is 0. The Morgan fingerprint density at radius 2 is 1.69 bits per heavy atom. The number of hydrogen-bond donors (Lipinski definition) is 1. The average molecular weight is 321 g/mol. The van der Waals surface area contributed by atoms with E-state index in [1.165, 1.54) is 12.1 Å². The molecular weight excluding hydrogens is 316 g/mol. The van der Waals surface area contributed by atoms with Crippen LogP contribution in [0, 0.1) is 3.57 Å². The molecule has 0 aromatic heterocycles. The van der Waals surface area contributed by atoms with Crippen LogP contribution in [0.5, 0.6) is 0 Å². The van der Waals surface area contributed by atoms with Crippen LogP contribution in [-0.2, 0) is 10.3 Å². The molecule has 0 aliphatic heterocycles. The van der Waals surface area contributed by atoms with E-state index in [1.54, 1.807) is 12.1 Å². The van der Waals surface area contributed by atoms with Gasteiger partial charge in [-0.25, -0.2) is 8.42 Å². The number of anilines is 1. The molecule has 1 aromatic rings. The molecule has 1 N–H and O–H groups in total. The summed E-state index contributed by atoms with van der Waals surface area (Å²) in [5, 5.41) is 0. The van der Waals surface area contributed by atoms with Crippen LogP contribution >= 0.6 is 22.6 Å². The van der Waals surface area contributed by atoms with Crippen molar-refractivity contribution in [1.82, 2.24) is 0 Å². The van der Waals surface area contributed by atoms with Crippen LogP contribution < -0.4 is 34.3 Å². The number of benzene rings is 1. The van der Waals surface area contributed by atoms with Crippen molar-refractivity contribution >= 4 is 38.6 Å². The molecule has 0 bridgehead atoms. The van der Waals surface area contributed by atoms with Crippen LogP contribution in [0.15, 0.2) is 24.3 Å². The fourth-order valence-corrected chi connectivity index (χ4v) is 1.45. The van der Waals surface area contributed by atoms with E-state index in [9.17, 15) is 13.0 Å². The summed E-state index contributed by atoms with van der Waals surface area (Å²) in [6.45, 7) is 0. The molecule has 7 heteroatoms. The minimum Gasteiger partial charge on any atom is -0.731 e. The minimum atomic E-state index is -4.39. The second-order valence-electron chi connectivity index (χ2n) is 2.06. The van der Waals surface area contributed by atoms with Gasteiger partial charge in [-0.2, -0.15) is 0 Å². The summed E-state index contributed by atoms with van der Waals surface area (Å²) in [7, 11) is -4.39. The van der Waals surface area contributed by atoms with E-state index in [2.05, 4.69) is 22.6 Å². The quantitative estimate of drug-likeness (QED) is 0.396. The van der Waals surface area contributed by atoms with E-state index >= 15 is 0 Å². The first-order chi connectivity index (χ1) is 5.47. The van der Waals surface area contributed by atoms with Crippen molar-refractivity contribution in [1.29, 1.82) is 0 Å². The van der Waals surface area contributed by atoms with E-state index in [0.717, 1.165) is 3.57 Å². The Balaban J connectivity index is 0.00000144. The van der Waals surface area contributed by atoms with Gasteiger partial charge in [0, 0.05) is 9.26 Å². The van der Waals surface area contributed by atoms with Gasteiger partial charge in [-0.1, -0.05) is 0 Å². The zero-order chi connectivity index (χ0) is 9.19. The van der Waals surface area contributed by atoms with Crippen molar-refractivity contribution in [2.45, 2.75) is 0 Å². The minimum absolute atomic E-state index is 0. The van der Waals surface area contributed by atoms with Gasteiger partial charge < -0.3 is 4.55 Å². The van der Waals surface area contributed by atoms with E-state index in [0.29, 0.717) is 0 Å². The summed E-state index contributed by atoms with van der Waals surface area (Å²) in [6, 6.07) is 6.45. The normalized spacial score (nSPS) is 10.3. The van der Waals surface area contributed by atoms with E-state index in [-0.39, 0.29) is 35.2 Å². The standard InChI is InChI=1S/C6H6INO3S.Na/c7-5-1-3-6(4-2-5)8-12(9,10)11;/h1-4,8H,(H,9,10,11);/q;+1/p-1. The van der Waals surface area contributed by atoms with Gasteiger partial charge in [0.05, 0.1) is 0 Å². The van der Waals surface area contributed by atoms with Gasteiger partial charge in [0.2, 0.25) is 0 Å². The second kappa shape index (κ2) is 5.52. The number of nitrogens with one attached hydrogen (secondary N) is 1. The Labute approximate surface area is 112 Å². The van der Waals surface area contributed by atoms with Gasteiger partial charge in [0.15, 0.2) is 10.3 Å². The van der Waals surface area contributed by atoms with Crippen LogP contribution in [0.3, 0.4) is 0 Å². The number of rotatable bonds is 2. The molecule has 0 amide bonds. The zero-order valence-electron chi connectivity index (χ0n) is 6.82. The van der Waals surface area contributed by atoms with Gasteiger partial charge in [-0.3, -0.25) is 4.72 Å². The Kier molecular flexibility index (Phi) is 5.80. The van der Waals surface area contributed by atoms with E-state index in [1.807, 2.05) is 4.72 Å². The van der Waals surface area contributed by atoms with Crippen molar-refractivity contribution in [3.8, 4) is 0 Å². The van der Waals surface area contributed by atoms with E-state index in [4.69, 9.17) is 0 Å². The summed E-state index contributed by atoms with van der Waals surface area (Å²) in [4.78, 5) is 0. The van der Waals surface area contributed by atoms with Crippen LogP contribution in [-0.4, -0.2) is 13.0 Å². The maximum atomic E-state index is 10.2. The van der Waals surface area contributed by atoms with Gasteiger partial charge >= 0.3 is 29.6 Å². The number of halogens is 1. The molecule has 0 saturated heterocycles. The van der Waals surface area contributed by atoms with Crippen LogP contribution in [0.1, 0.15) is 0 Å². The first kappa shape index (κ1) is 13.7. The Morgan fingerprint density at radius 1 is 1.23 bits per heavy atom. The summed E-state index contributed by atoms with van der Waals surface area (Å²) in [5.74, 6) is 0. The largest absolute Gasteiger partial charge is 1.00 e. The maximum absolute atomic E-state index is 10.2. The monoisotopic (exact) mass is 321 g/mol. The van der Waals surface area contributed by atoms with Crippen molar-refractivity contribution in [2.24, 2.45) is 0 Å². The first-order valence-corrected chi connectivity index (χ1v) is 5.45. The van der Waals surface area contributed by atoms with Gasteiger partial charge in [0.25, 0.3) is 0 Å². The SMILES string of the molecule is O=S(=O)([O-])Nc1ccc(I)cc1.[Na+]. The Morgan fingerprint density at radius 3 is 2.08 bits per heavy atom. The third-order valence-corrected chi connectivity index (χ3v) is 2.29. The summed E-state index contributed by atoms with van der Waals surface area (Å²) in [5.41, 5.74) is 0.283. The van der Waals surface area contributed by atoms with Crippen molar-refractivity contribution in [3.05, 3.63) is 27.8 Å². The molecule has 13 heavy (non-hydrogen) atoms. The molecule has 0 spiro atoms. The third kappa shape index (κ3) is 5.87. The van der Waals surface area contributed by atoms with E-state index < -0.39 is 10.3 Å². The second-order valence-corrected chi connectivity index (χ2v) is 4.42. The van der Waals surface area contributed by atoms with Gasteiger partial charge in [-0.05, 0) is 46.9 Å². The van der Waals surface area contributed by atoms with Gasteiger partial charge in [0.1, 0.15) is 0 Å². The molecule has 66 valence electrons. The van der Waals surface area contributed by atoms with Crippen LogP contribution in [0.4, 0.5) is 5.69 Å². The number of hydrogen-bond acceptors (Lipinski definition) is 3. The predicted octanol–water partition coefficient (Wildman–Crippen LogP) is -1.83. The average Bonchev–Trinajstić information content (AvgIpc) is 1.91. The Bertz CT molecular complexity index is 364. The molecule has 0 fully saturated rings. The van der Waals surface area contributed by atoms with Crippen molar-refractivity contribution < 1.29 is 42.5 Å². The van der Waals surface area contributed by atoms with Crippen molar-refractivity contribution in [2.75, 3.05) is 4.72 Å². The topological polar surface area (TPSA) is 69.2 Å². The molecule has 0 saturated carbocycles. The molecule has 1 rings (SSSR count). The molecule has 0 atom stereocenters. The van der Waals surface area contributed by atoms with Gasteiger partial charge in [-0.15, -0.1) is 0 Å². The molecular formula is C6H5INNaO3S. The molecule has 4 nitrogen and oxygen atoms in total. The van der Waals surface area contributed by atoms with Crippen LogP contribution in [0.2, 0.25) is 0 Å². The molecule has 0 aliphatic rings. The first-order valence-electron chi connectivity index (χ1n) is 2.96.